The third-order valence-electron chi connectivity index (χ3n) is 6.00. The van der Waals surface area contributed by atoms with Crippen molar-refractivity contribution >= 4 is 16.8 Å². The molecule has 0 N–H and O–H groups in total. The van der Waals surface area contributed by atoms with E-state index in [-0.39, 0.29) is 17.5 Å². The van der Waals surface area contributed by atoms with Crippen LogP contribution in [0.2, 0.25) is 0 Å². The van der Waals surface area contributed by atoms with Crippen molar-refractivity contribution in [3.05, 3.63) is 70.3 Å². The van der Waals surface area contributed by atoms with Crippen LogP contribution in [-0.4, -0.2) is 40.6 Å². The molecule has 3 aromatic rings. The Hall–Kier alpha value is -2.99. The minimum Gasteiger partial charge on any atom is -0.385 e. The minimum absolute atomic E-state index is 0.0879. The zero-order chi connectivity index (χ0) is 23.8. The number of methoxy groups -OCH3 is 1. The van der Waals surface area contributed by atoms with E-state index in [0.717, 1.165) is 36.9 Å². The first-order valence-corrected chi connectivity index (χ1v) is 11.8. The summed E-state index contributed by atoms with van der Waals surface area (Å²) in [5, 5.41) is 0.564. The van der Waals surface area contributed by atoms with Crippen molar-refractivity contribution in [2.45, 2.75) is 58.9 Å². The molecular weight excluding hydrogens is 414 g/mol. The molecule has 1 heterocycles. The lowest BCUT2D eigenvalue weighted by molar-refractivity contribution is -0.134. The molecule has 2 aromatic carbocycles. The first kappa shape index (κ1) is 24.6. The highest BCUT2D eigenvalue weighted by molar-refractivity contribution is 5.79. The van der Waals surface area contributed by atoms with Gasteiger partial charge in [-0.2, -0.15) is 0 Å². The average Bonchev–Trinajstić information content (AvgIpc) is 2.82. The largest absolute Gasteiger partial charge is 0.385 e. The number of hydrogen-bond donors (Lipinski definition) is 0. The molecule has 0 radical (unpaired) electrons. The molecular formula is C27H35N3O3. The van der Waals surface area contributed by atoms with Gasteiger partial charge in [0.15, 0.2) is 0 Å². The van der Waals surface area contributed by atoms with E-state index >= 15 is 0 Å². The molecule has 1 amide bonds. The molecule has 0 aliphatic carbocycles. The number of unbranched alkanes of at least 4 members (excludes halogenated alkanes) is 2. The number of carbonyl (C=O) groups is 1. The van der Waals surface area contributed by atoms with E-state index in [4.69, 9.17) is 9.72 Å². The molecule has 0 saturated heterocycles. The summed E-state index contributed by atoms with van der Waals surface area (Å²) in [4.78, 5) is 33.6. The van der Waals surface area contributed by atoms with Crippen molar-refractivity contribution in [1.82, 2.24) is 14.5 Å². The predicted octanol–water partition coefficient (Wildman–Crippen LogP) is 5.20. The van der Waals surface area contributed by atoms with Gasteiger partial charge in [0.25, 0.3) is 5.56 Å². The molecule has 1 atom stereocenters. The molecule has 0 fully saturated rings. The number of para-hydroxylation sites is 1. The zero-order valence-electron chi connectivity index (χ0n) is 20.2. The van der Waals surface area contributed by atoms with Crippen LogP contribution in [0.3, 0.4) is 0 Å². The van der Waals surface area contributed by atoms with E-state index in [0.29, 0.717) is 36.3 Å². The smallest absolute Gasteiger partial charge is 0.266 e. The molecule has 3 rings (SSSR count). The highest BCUT2D eigenvalue weighted by Gasteiger charge is 2.26. The fourth-order valence-corrected chi connectivity index (χ4v) is 4.10. The molecule has 6 heteroatoms. The first-order valence-electron chi connectivity index (χ1n) is 11.8. The third-order valence-corrected chi connectivity index (χ3v) is 6.00. The summed E-state index contributed by atoms with van der Waals surface area (Å²) in [6.07, 6.45) is 4.16. The lowest BCUT2D eigenvalue weighted by Gasteiger charge is -2.31. The van der Waals surface area contributed by atoms with Crippen molar-refractivity contribution in [1.29, 1.82) is 0 Å². The SMILES string of the molecule is CCCCCC(=O)N(CCCOC)C(C)c1nc2ccccc2c(=O)n1-c1ccc(C)cc1. The highest BCUT2D eigenvalue weighted by Crippen LogP contribution is 2.24. The molecule has 176 valence electrons. The summed E-state index contributed by atoms with van der Waals surface area (Å²) in [5.41, 5.74) is 2.38. The maximum Gasteiger partial charge on any atom is 0.266 e. The van der Waals surface area contributed by atoms with Gasteiger partial charge in [-0.15, -0.1) is 0 Å². The van der Waals surface area contributed by atoms with E-state index in [1.165, 1.54) is 0 Å². The summed E-state index contributed by atoms with van der Waals surface area (Å²) in [6.45, 7) is 7.23. The Kier molecular flexibility index (Phi) is 8.78. The fraction of sp³-hybridized carbons (Fsp3) is 0.444. The van der Waals surface area contributed by atoms with Crippen molar-refractivity contribution in [3.8, 4) is 5.69 Å². The Labute approximate surface area is 196 Å². The number of benzene rings is 2. The van der Waals surface area contributed by atoms with Gasteiger partial charge in [0.2, 0.25) is 5.91 Å². The molecule has 6 nitrogen and oxygen atoms in total. The van der Waals surface area contributed by atoms with E-state index in [1.54, 1.807) is 17.7 Å². The lowest BCUT2D eigenvalue weighted by atomic mass is 10.1. The van der Waals surface area contributed by atoms with Gasteiger partial charge < -0.3 is 9.64 Å². The van der Waals surface area contributed by atoms with Crippen molar-refractivity contribution in [2.75, 3.05) is 20.3 Å². The van der Waals surface area contributed by atoms with E-state index in [1.807, 2.05) is 61.2 Å². The van der Waals surface area contributed by atoms with Gasteiger partial charge in [0.05, 0.1) is 22.6 Å². The second kappa shape index (κ2) is 11.8. The third kappa shape index (κ3) is 5.88. The summed E-state index contributed by atoms with van der Waals surface area (Å²) in [6, 6.07) is 14.8. The Morgan fingerprint density at radius 1 is 1.09 bits per heavy atom. The average molecular weight is 450 g/mol. The van der Waals surface area contributed by atoms with Gasteiger partial charge in [-0.25, -0.2) is 4.98 Å². The fourth-order valence-electron chi connectivity index (χ4n) is 4.10. The van der Waals surface area contributed by atoms with Crippen LogP contribution in [0.15, 0.2) is 53.3 Å². The Morgan fingerprint density at radius 3 is 2.52 bits per heavy atom. The van der Waals surface area contributed by atoms with Crippen LogP contribution >= 0.6 is 0 Å². The maximum absolute atomic E-state index is 13.6. The van der Waals surface area contributed by atoms with Gasteiger partial charge in [-0.05, 0) is 51.0 Å². The van der Waals surface area contributed by atoms with Crippen LogP contribution < -0.4 is 5.56 Å². The van der Waals surface area contributed by atoms with Gasteiger partial charge in [0.1, 0.15) is 5.82 Å². The maximum atomic E-state index is 13.6. The van der Waals surface area contributed by atoms with Gasteiger partial charge in [-0.3, -0.25) is 14.2 Å². The molecule has 33 heavy (non-hydrogen) atoms. The molecule has 0 spiro atoms. The van der Waals surface area contributed by atoms with Gasteiger partial charge >= 0.3 is 0 Å². The molecule has 0 aliphatic rings. The van der Waals surface area contributed by atoms with E-state index in [9.17, 15) is 9.59 Å². The topological polar surface area (TPSA) is 64.4 Å². The number of rotatable bonds is 11. The second-order valence-corrected chi connectivity index (χ2v) is 8.53. The quantitative estimate of drug-likeness (QED) is 0.378. The summed E-state index contributed by atoms with van der Waals surface area (Å²) in [7, 11) is 1.66. The number of aryl methyl sites for hydroxylation is 1. The monoisotopic (exact) mass is 449 g/mol. The van der Waals surface area contributed by atoms with Crippen molar-refractivity contribution < 1.29 is 9.53 Å². The molecule has 1 aromatic heterocycles. The summed E-state index contributed by atoms with van der Waals surface area (Å²) in [5.74, 6) is 0.661. The lowest BCUT2D eigenvalue weighted by Crippen LogP contribution is -2.38. The van der Waals surface area contributed by atoms with Crippen LogP contribution in [0.4, 0.5) is 0 Å². The standard InChI is InChI=1S/C27H35N3O3/c1-5-6-7-13-25(31)29(18-10-19-33-4)21(3)26-28-24-12-9-8-11-23(24)27(32)30(26)22-16-14-20(2)15-17-22/h8-9,11-12,14-17,21H,5-7,10,13,18-19H2,1-4H3. The molecule has 0 aliphatic heterocycles. The number of carbonyl (C=O) groups excluding carboxylic acids is 1. The molecule has 0 bridgehead atoms. The predicted molar refractivity (Wildman–Crippen MR) is 133 cm³/mol. The summed E-state index contributed by atoms with van der Waals surface area (Å²) >= 11 is 0. The van der Waals surface area contributed by atoms with Crippen LogP contribution in [0.25, 0.3) is 16.6 Å². The number of amides is 1. The van der Waals surface area contributed by atoms with Crippen molar-refractivity contribution in [2.24, 2.45) is 0 Å². The van der Waals surface area contributed by atoms with Crippen LogP contribution in [0.5, 0.6) is 0 Å². The second-order valence-electron chi connectivity index (χ2n) is 8.53. The molecule has 0 saturated carbocycles. The number of nitrogens with zero attached hydrogens (tertiary/aromatic N) is 3. The van der Waals surface area contributed by atoms with Gasteiger partial charge in [-0.1, -0.05) is 49.6 Å². The number of aromatic nitrogens is 2. The number of fused-ring (bicyclic) bond motifs is 1. The minimum atomic E-state index is -0.366. The highest BCUT2D eigenvalue weighted by atomic mass is 16.5. The van der Waals surface area contributed by atoms with Crippen LogP contribution in [0, 0.1) is 6.92 Å². The number of hydrogen-bond acceptors (Lipinski definition) is 4. The van der Waals surface area contributed by atoms with Gasteiger partial charge in [0, 0.05) is 26.7 Å². The molecule has 1 unspecified atom stereocenters. The number of ether oxygens (including phenoxy) is 1. The van der Waals surface area contributed by atoms with E-state index < -0.39 is 0 Å². The summed E-state index contributed by atoms with van der Waals surface area (Å²) < 4.78 is 6.89. The Bertz CT molecular complexity index is 1120. The first-order chi connectivity index (χ1) is 16.0. The van der Waals surface area contributed by atoms with Crippen molar-refractivity contribution in [3.63, 3.8) is 0 Å². The normalized spacial score (nSPS) is 12.1. The van der Waals surface area contributed by atoms with E-state index in [2.05, 4.69) is 6.92 Å². The zero-order valence-corrected chi connectivity index (χ0v) is 20.2. The Morgan fingerprint density at radius 2 is 1.82 bits per heavy atom. The van der Waals surface area contributed by atoms with Crippen LogP contribution in [0.1, 0.15) is 63.4 Å². The Balaban J connectivity index is 2.11. The van der Waals surface area contributed by atoms with Crippen LogP contribution in [-0.2, 0) is 9.53 Å².